The van der Waals surface area contributed by atoms with Crippen LogP contribution in [0.4, 0.5) is 4.39 Å². The highest BCUT2D eigenvalue weighted by Crippen LogP contribution is 2.38. The lowest BCUT2D eigenvalue weighted by Crippen LogP contribution is -2.38. The lowest BCUT2D eigenvalue weighted by Gasteiger charge is -2.35. The molecule has 0 saturated carbocycles. The van der Waals surface area contributed by atoms with E-state index < -0.39 is 11.9 Å². The van der Waals surface area contributed by atoms with Gasteiger partial charge in [-0.25, -0.2) is 9.18 Å². The number of methoxy groups -OCH3 is 1. The molecular formula is C24H26FNO4. The van der Waals surface area contributed by atoms with E-state index in [1.165, 1.54) is 12.1 Å². The van der Waals surface area contributed by atoms with E-state index in [1.54, 1.807) is 44.9 Å². The first-order chi connectivity index (χ1) is 14.3. The van der Waals surface area contributed by atoms with E-state index in [0.29, 0.717) is 17.0 Å². The summed E-state index contributed by atoms with van der Waals surface area (Å²) in [5.74, 6) is -0.654. The van der Waals surface area contributed by atoms with Gasteiger partial charge in [0, 0.05) is 18.0 Å². The molecule has 1 aliphatic heterocycles. The normalized spacial score (nSPS) is 16.8. The maximum absolute atomic E-state index is 13.2. The van der Waals surface area contributed by atoms with Crippen molar-refractivity contribution in [3.8, 4) is 5.75 Å². The number of amides is 1. The molecule has 0 fully saturated rings. The highest BCUT2D eigenvalue weighted by atomic mass is 19.1. The van der Waals surface area contributed by atoms with E-state index >= 15 is 0 Å². The predicted octanol–water partition coefficient (Wildman–Crippen LogP) is 4.58. The fourth-order valence-corrected chi connectivity index (χ4v) is 3.66. The molecule has 2 aromatic carbocycles. The second-order valence-electron chi connectivity index (χ2n) is 7.59. The summed E-state index contributed by atoms with van der Waals surface area (Å²) in [6, 6.07) is 13.4. The molecule has 30 heavy (non-hydrogen) atoms. The maximum atomic E-state index is 13.2. The molecule has 0 N–H and O–H groups in total. The summed E-state index contributed by atoms with van der Waals surface area (Å²) in [6.07, 6.45) is -0.152. The Balaban J connectivity index is 2.03. The number of hydrogen-bond acceptors (Lipinski definition) is 4. The van der Waals surface area contributed by atoms with Crippen molar-refractivity contribution in [1.82, 2.24) is 4.90 Å². The van der Waals surface area contributed by atoms with E-state index in [4.69, 9.17) is 9.47 Å². The van der Waals surface area contributed by atoms with E-state index in [9.17, 15) is 14.0 Å². The summed E-state index contributed by atoms with van der Waals surface area (Å²) >= 11 is 0. The Morgan fingerprint density at radius 2 is 1.90 bits per heavy atom. The van der Waals surface area contributed by atoms with Gasteiger partial charge in [-0.15, -0.1) is 0 Å². The van der Waals surface area contributed by atoms with Crippen LogP contribution in [-0.2, 0) is 20.9 Å². The molecule has 0 bridgehead atoms. The second-order valence-corrected chi connectivity index (χ2v) is 7.59. The van der Waals surface area contributed by atoms with Gasteiger partial charge in [-0.05, 0) is 56.2 Å². The van der Waals surface area contributed by atoms with Crippen molar-refractivity contribution >= 4 is 11.9 Å². The fraction of sp³-hybridized carbons (Fsp3) is 0.333. The van der Waals surface area contributed by atoms with Gasteiger partial charge in [0.25, 0.3) is 0 Å². The van der Waals surface area contributed by atoms with Gasteiger partial charge in [0.1, 0.15) is 11.6 Å². The number of halogens is 1. The molecule has 2 aromatic rings. The predicted molar refractivity (Wildman–Crippen MR) is 111 cm³/mol. The van der Waals surface area contributed by atoms with Gasteiger partial charge in [0.15, 0.2) is 0 Å². The average molecular weight is 411 g/mol. The van der Waals surface area contributed by atoms with Gasteiger partial charge in [-0.1, -0.05) is 24.3 Å². The molecule has 0 saturated heterocycles. The van der Waals surface area contributed by atoms with Crippen LogP contribution >= 0.6 is 0 Å². The minimum absolute atomic E-state index is 0.106. The average Bonchev–Trinajstić information content (AvgIpc) is 2.71. The van der Waals surface area contributed by atoms with Crippen LogP contribution in [0.5, 0.6) is 5.75 Å². The zero-order valence-corrected chi connectivity index (χ0v) is 17.6. The number of rotatable bonds is 6. The molecule has 0 radical (unpaired) electrons. The van der Waals surface area contributed by atoms with E-state index in [2.05, 4.69) is 0 Å². The van der Waals surface area contributed by atoms with Gasteiger partial charge >= 0.3 is 5.97 Å². The van der Waals surface area contributed by atoms with Gasteiger partial charge in [0.05, 0.1) is 25.3 Å². The van der Waals surface area contributed by atoms with E-state index in [0.717, 1.165) is 11.1 Å². The molecule has 158 valence electrons. The molecule has 0 aliphatic carbocycles. The number of benzene rings is 2. The van der Waals surface area contributed by atoms with Crippen molar-refractivity contribution in [2.75, 3.05) is 7.11 Å². The van der Waals surface area contributed by atoms with Gasteiger partial charge in [0.2, 0.25) is 5.91 Å². The lowest BCUT2D eigenvalue weighted by atomic mass is 9.83. The van der Waals surface area contributed by atoms with Crippen molar-refractivity contribution < 1.29 is 23.5 Å². The quantitative estimate of drug-likeness (QED) is 0.653. The van der Waals surface area contributed by atoms with E-state index in [1.807, 2.05) is 24.3 Å². The summed E-state index contributed by atoms with van der Waals surface area (Å²) < 4.78 is 24.1. The smallest absolute Gasteiger partial charge is 0.336 e. The Labute approximate surface area is 176 Å². The highest BCUT2D eigenvalue weighted by molar-refractivity contribution is 5.96. The third-order valence-corrected chi connectivity index (χ3v) is 5.14. The third kappa shape index (κ3) is 4.70. The number of nitrogens with zero attached hydrogens (tertiary/aromatic N) is 1. The fourth-order valence-electron chi connectivity index (χ4n) is 3.66. The van der Waals surface area contributed by atoms with Crippen LogP contribution < -0.4 is 4.74 Å². The van der Waals surface area contributed by atoms with Crippen LogP contribution in [0.1, 0.15) is 44.2 Å². The number of hydrogen-bond donors (Lipinski definition) is 0. The standard InChI is InChI=1S/C24H26FNO4/c1-15(2)30-24(28)23-16(3)26(14-17-8-10-19(25)11-9-17)22(27)13-21(23)18-6-5-7-20(12-18)29-4/h5-12,15,21H,13-14H2,1-4H3. The lowest BCUT2D eigenvalue weighted by molar-refractivity contribution is -0.143. The zero-order valence-electron chi connectivity index (χ0n) is 17.6. The molecule has 1 atom stereocenters. The molecular weight excluding hydrogens is 385 g/mol. The first-order valence-electron chi connectivity index (χ1n) is 9.90. The van der Waals surface area contributed by atoms with Crippen molar-refractivity contribution in [1.29, 1.82) is 0 Å². The SMILES string of the molecule is COc1cccc(C2CC(=O)N(Cc3ccc(F)cc3)C(C)=C2C(=O)OC(C)C)c1. The summed E-state index contributed by atoms with van der Waals surface area (Å²) in [6.45, 7) is 5.59. The van der Waals surface area contributed by atoms with Crippen LogP contribution in [0.2, 0.25) is 0 Å². The number of allylic oxidation sites excluding steroid dienone is 1. The molecule has 1 amide bonds. The van der Waals surface area contributed by atoms with Crippen molar-refractivity contribution in [2.45, 2.75) is 45.8 Å². The first-order valence-corrected chi connectivity index (χ1v) is 9.90. The number of esters is 1. The number of carbonyl (C=O) groups is 2. The molecule has 6 heteroatoms. The zero-order chi connectivity index (χ0) is 21.8. The molecule has 5 nitrogen and oxygen atoms in total. The molecule has 0 spiro atoms. The number of ether oxygens (including phenoxy) is 2. The van der Waals surface area contributed by atoms with Gasteiger partial charge < -0.3 is 14.4 Å². The monoisotopic (exact) mass is 411 g/mol. The summed E-state index contributed by atoms with van der Waals surface area (Å²) in [4.78, 5) is 27.6. The largest absolute Gasteiger partial charge is 0.497 e. The van der Waals surface area contributed by atoms with Gasteiger partial charge in [-0.3, -0.25) is 4.79 Å². The molecule has 1 heterocycles. The Morgan fingerprint density at radius 1 is 1.20 bits per heavy atom. The Kier molecular flexibility index (Phi) is 6.55. The van der Waals surface area contributed by atoms with Crippen LogP contribution in [0, 0.1) is 5.82 Å². The summed E-state index contributed by atoms with van der Waals surface area (Å²) in [7, 11) is 1.57. The Morgan fingerprint density at radius 3 is 2.53 bits per heavy atom. The third-order valence-electron chi connectivity index (χ3n) is 5.14. The van der Waals surface area contributed by atoms with Crippen LogP contribution in [0.25, 0.3) is 0 Å². The molecule has 0 aromatic heterocycles. The molecule has 3 rings (SSSR count). The van der Waals surface area contributed by atoms with Crippen molar-refractivity contribution in [2.24, 2.45) is 0 Å². The molecule has 1 unspecified atom stereocenters. The maximum Gasteiger partial charge on any atom is 0.336 e. The Bertz CT molecular complexity index is 965. The Hall–Kier alpha value is -3.15. The van der Waals surface area contributed by atoms with Crippen molar-refractivity contribution in [3.63, 3.8) is 0 Å². The minimum atomic E-state index is -0.438. The minimum Gasteiger partial charge on any atom is -0.497 e. The molecule has 1 aliphatic rings. The van der Waals surface area contributed by atoms with E-state index in [-0.39, 0.29) is 30.8 Å². The number of carbonyl (C=O) groups excluding carboxylic acids is 2. The highest BCUT2D eigenvalue weighted by Gasteiger charge is 2.37. The van der Waals surface area contributed by atoms with Crippen molar-refractivity contribution in [3.05, 3.63) is 76.7 Å². The van der Waals surface area contributed by atoms with Gasteiger partial charge in [-0.2, -0.15) is 0 Å². The summed E-state index contributed by atoms with van der Waals surface area (Å²) in [5.41, 5.74) is 2.60. The topological polar surface area (TPSA) is 55.8 Å². The summed E-state index contributed by atoms with van der Waals surface area (Å²) in [5, 5.41) is 0. The van der Waals surface area contributed by atoms with Crippen LogP contribution in [0.15, 0.2) is 59.8 Å². The van der Waals surface area contributed by atoms with Crippen LogP contribution in [0.3, 0.4) is 0 Å². The van der Waals surface area contributed by atoms with Crippen LogP contribution in [-0.4, -0.2) is 30.0 Å². The first kappa shape index (κ1) is 21.6. The second kappa shape index (κ2) is 9.11.